The number of alkyl halides is 3. The lowest BCUT2D eigenvalue weighted by molar-refractivity contribution is -0.183. The van der Waals surface area contributed by atoms with Gasteiger partial charge in [0.2, 0.25) is 12.2 Å². The average Bonchev–Trinajstić information content (AvgIpc) is 2.90. The molecule has 0 amide bonds. The van der Waals surface area contributed by atoms with Gasteiger partial charge in [0.15, 0.2) is 6.26 Å². The van der Waals surface area contributed by atoms with E-state index in [1.165, 1.54) is 7.11 Å². The zero-order valence-corrected chi connectivity index (χ0v) is 23.5. The molecule has 0 radical (unpaired) electrons. The molecule has 4 aliphatic rings. The molecule has 2 saturated heterocycles. The topological polar surface area (TPSA) is 103 Å². The van der Waals surface area contributed by atoms with Crippen molar-refractivity contribution in [2.24, 2.45) is 15.9 Å². The van der Waals surface area contributed by atoms with Crippen LogP contribution in [0.25, 0.3) is 0 Å². The number of aliphatic imine (C=N–C) groups is 2. The minimum Gasteiger partial charge on any atom is -0.463 e. The third-order valence-electron chi connectivity index (χ3n) is 8.00. The Kier molecular flexibility index (Phi) is 9.93. The van der Waals surface area contributed by atoms with Crippen LogP contribution >= 0.6 is 0 Å². The van der Waals surface area contributed by atoms with E-state index >= 15 is 0 Å². The minimum absolute atomic E-state index is 0.0298. The van der Waals surface area contributed by atoms with E-state index in [1.54, 1.807) is 18.2 Å². The number of rotatable bonds is 7. The summed E-state index contributed by atoms with van der Waals surface area (Å²) in [5.41, 5.74) is 0. The van der Waals surface area contributed by atoms with Gasteiger partial charge in [-0.05, 0) is 55.7 Å². The van der Waals surface area contributed by atoms with Crippen molar-refractivity contribution in [3.63, 3.8) is 0 Å². The molecule has 3 fully saturated rings. The molecule has 3 heterocycles. The monoisotopic (exact) mass is 566 g/mol. The molecular formula is C24H43F3N7O3S+. The standard InChI is InChI=1S/C24H43F3N7O3S/c1-33-22(30-19-9-6-7-17(15-19)24(25,26)27)31-21(32-23(33)37-16-20-8-4-5-12-28-20)29-18-10-13-34(14-11-18)38(3,35)36-2/h17-21,28-29H,4-16H2,1-3H3,(H,30,31)/q+1. The molecule has 0 bridgehead atoms. The number of piperidine rings is 2. The largest absolute Gasteiger partial charge is 0.463 e. The smallest absolute Gasteiger partial charge is 0.391 e. The van der Waals surface area contributed by atoms with Crippen LogP contribution in [-0.4, -0.2) is 98.4 Å². The first-order chi connectivity index (χ1) is 18.0. The molecule has 4 rings (SSSR count). The highest BCUT2D eigenvalue weighted by atomic mass is 32.3. The van der Waals surface area contributed by atoms with E-state index in [0.717, 1.165) is 38.6 Å². The minimum atomic E-state index is -4.19. The van der Waals surface area contributed by atoms with Gasteiger partial charge in [-0.15, -0.1) is 0 Å². The molecule has 14 heteroatoms. The Labute approximate surface area is 224 Å². The van der Waals surface area contributed by atoms with Crippen molar-refractivity contribution in [2.75, 3.05) is 46.7 Å². The molecule has 0 spiro atoms. The van der Waals surface area contributed by atoms with Gasteiger partial charge in [0.1, 0.15) is 6.61 Å². The van der Waals surface area contributed by atoms with Crippen molar-refractivity contribution in [3.05, 3.63) is 0 Å². The zero-order chi connectivity index (χ0) is 27.3. The molecule has 0 aromatic rings. The van der Waals surface area contributed by atoms with Crippen molar-refractivity contribution in [3.8, 4) is 0 Å². The lowest BCUT2D eigenvalue weighted by Gasteiger charge is -2.36. The SMILES string of the molecule is CO[S+](C)(=O)N1CCC(NC2N=C(NC3CCCC(C(F)(F)F)C3)N(C)C(OCC3CCCCN3)=N2)CC1. The van der Waals surface area contributed by atoms with E-state index in [0.29, 0.717) is 44.5 Å². The van der Waals surface area contributed by atoms with E-state index in [9.17, 15) is 17.4 Å². The van der Waals surface area contributed by atoms with E-state index in [4.69, 9.17) is 18.9 Å². The second-order valence-corrected chi connectivity index (χ2v) is 13.1. The number of amidine groups is 1. The first-order valence-corrected chi connectivity index (χ1v) is 15.5. The van der Waals surface area contributed by atoms with Crippen molar-refractivity contribution in [2.45, 2.75) is 88.4 Å². The molecule has 3 aliphatic heterocycles. The zero-order valence-electron chi connectivity index (χ0n) is 22.6. The predicted molar refractivity (Wildman–Crippen MR) is 142 cm³/mol. The van der Waals surface area contributed by atoms with Crippen LogP contribution in [-0.2, 0) is 23.5 Å². The number of hydrogen-bond acceptors (Lipinski definition) is 9. The Balaban J connectivity index is 1.42. The van der Waals surface area contributed by atoms with Crippen LogP contribution < -0.4 is 16.0 Å². The molecule has 1 aliphatic carbocycles. The average molecular weight is 567 g/mol. The highest BCUT2D eigenvalue weighted by Crippen LogP contribution is 2.37. The number of guanidine groups is 1. The summed E-state index contributed by atoms with van der Waals surface area (Å²) in [5, 5.41) is 10.2. The van der Waals surface area contributed by atoms with E-state index in [1.807, 2.05) is 4.31 Å². The van der Waals surface area contributed by atoms with Crippen molar-refractivity contribution in [1.29, 1.82) is 0 Å². The fourth-order valence-electron chi connectivity index (χ4n) is 5.57. The molecule has 38 heavy (non-hydrogen) atoms. The fourth-order valence-corrected chi connectivity index (χ4v) is 6.65. The maximum atomic E-state index is 13.4. The number of nitrogens with zero attached hydrogens (tertiary/aromatic N) is 4. The van der Waals surface area contributed by atoms with Gasteiger partial charge in [-0.3, -0.25) is 10.2 Å². The van der Waals surface area contributed by atoms with E-state index < -0.39 is 28.8 Å². The molecule has 3 N–H and O–H groups in total. The molecule has 1 saturated carbocycles. The van der Waals surface area contributed by atoms with Gasteiger partial charge >= 0.3 is 6.18 Å². The van der Waals surface area contributed by atoms with Crippen LogP contribution in [0.4, 0.5) is 13.2 Å². The highest BCUT2D eigenvalue weighted by molar-refractivity contribution is 7.95. The van der Waals surface area contributed by atoms with Gasteiger partial charge in [0.05, 0.1) is 13.0 Å². The number of halogens is 3. The van der Waals surface area contributed by atoms with E-state index in [2.05, 4.69) is 16.0 Å². The molecule has 0 aromatic heterocycles. The third-order valence-corrected chi connectivity index (χ3v) is 9.92. The summed E-state index contributed by atoms with van der Waals surface area (Å²) >= 11 is 0. The normalized spacial score (nSPS) is 31.8. The summed E-state index contributed by atoms with van der Waals surface area (Å²) < 4.78 is 65.9. The maximum absolute atomic E-state index is 13.4. The molecule has 5 atom stereocenters. The second-order valence-electron chi connectivity index (χ2n) is 10.8. The molecule has 10 nitrogen and oxygen atoms in total. The van der Waals surface area contributed by atoms with Crippen LogP contribution in [0, 0.1) is 5.92 Å². The van der Waals surface area contributed by atoms with Gasteiger partial charge in [-0.25, -0.2) is 4.99 Å². The summed E-state index contributed by atoms with van der Waals surface area (Å²) in [5.74, 6) is -0.838. The van der Waals surface area contributed by atoms with Crippen LogP contribution in [0.15, 0.2) is 9.98 Å². The maximum Gasteiger partial charge on any atom is 0.391 e. The summed E-state index contributed by atoms with van der Waals surface area (Å²) in [4.78, 5) is 11.1. The molecule has 218 valence electrons. The fraction of sp³-hybridized carbons (Fsp3) is 0.917. The Hall–Kier alpha value is -1.48. The van der Waals surface area contributed by atoms with Crippen LogP contribution in [0.1, 0.15) is 57.8 Å². The quantitative estimate of drug-likeness (QED) is 0.407. The Morgan fingerprint density at radius 3 is 2.50 bits per heavy atom. The third kappa shape index (κ3) is 7.80. The van der Waals surface area contributed by atoms with Gasteiger partial charge in [0, 0.05) is 38.3 Å². The molecule has 5 unspecified atom stereocenters. The lowest BCUT2D eigenvalue weighted by atomic mass is 9.85. The van der Waals surface area contributed by atoms with Gasteiger partial charge < -0.3 is 15.4 Å². The Morgan fingerprint density at radius 2 is 1.84 bits per heavy atom. The lowest BCUT2D eigenvalue weighted by Crippen LogP contribution is -2.55. The molecule has 0 aromatic carbocycles. The number of nitrogens with one attached hydrogen (secondary N) is 3. The van der Waals surface area contributed by atoms with Gasteiger partial charge in [0.25, 0.3) is 16.4 Å². The number of hydrogen-bond donors (Lipinski definition) is 3. The van der Waals surface area contributed by atoms with Crippen molar-refractivity contribution in [1.82, 2.24) is 25.2 Å². The Morgan fingerprint density at radius 1 is 1.08 bits per heavy atom. The highest BCUT2D eigenvalue weighted by Gasteiger charge is 2.43. The van der Waals surface area contributed by atoms with Crippen LogP contribution in [0.2, 0.25) is 0 Å². The van der Waals surface area contributed by atoms with Crippen LogP contribution in [0.5, 0.6) is 0 Å². The van der Waals surface area contributed by atoms with Gasteiger partial charge in [-0.1, -0.05) is 17.1 Å². The summed E-state index contributed by atoms with van der Waals surface area (Å²) in [6.07, 6.45) is 2.98. The second kappa shape index (κ2) is 12.8. The summed E-state index contributed by atoms with van der Waals surface area (Å²) in [6.45, 7) is 2.65. The summed E-state index contributed by atoms with van der Waals surface area (Å²) in [7, 11) is 0.759. The Bertz CT molecular complexity index is 892. The van der Waals surface area contributed by atoms with Crippen LogP contribution in [0.3, 0.4) is 0 Å². The van der Waals surface area contributed by atoms with Gasteiger partial charge in [-0.2, -0.15) is 22.3 Å². The summed E-state index contributed by atoms with van der Waals surface area (Å²) in [6, 6.07) is 0.392. The first-order valence-electron chi connectivity index (χ1n) is 13.7. The first kappa shape index (κ1) is 29.5. The predicted octanol–water partition coefficient (Wildman–Crippen LogP) is 2.46. The van der Waals surface area contributed by atoms with Crippen molar-refractivity contribution < 1.29 is 26.3 Å². The molecular weight excluding hydrogens is 523 g/mol. The number of ether oxygens (including phenoxy) is 1. The van der Waals surface area contributed by atoms with E-state index in [-0.39, 0.29) is 31.0 Å². The van der Waals surface area contributed by atoms with Crippen molar-refractivity contribution >= 4 is 22.4 Å².